The number of aryl methyl sites for hydroxylation is 1. The Hall–Kier alpha value is -3.11. The molecule has 1 aliphatic carbocycles. The Morgan fingerprint density at radius 1 is 1.25 bits per heavy atom. The number of ether oxygens (including phenoxy) is 1. The van der Waals surface area contributed by atoms with E-state index < -0.39 is 10.0 Å². The van der Waals surface area contributed by atoms with Crippen molar-refractivity contribution < 1.29 is 22.5 Å². The molecule has 1 saturated carbocycles. The van der Waals surface area contributed by atoms with Crippen LogP contribution in [0.2, 0.25) is 5.02 Å². The van der Waals surface area contributed by atoms with Gasteiger partial charge in [-0.15, -0.1) is 0 Å². The summed E-state index contributed by atoms with van der Waals surface area (Å²) in [5.41, 5.74) is 1.56. The molecule has 32 heavy (non-hydrogen) atoms. The Morgan fingerprint density at radius 2 is 2.03 bits per heavy atom. The van der Waals surface area contributed by atoms with E-state index in [0.717, 1.165) is 18.4 Å². The number of hydrogen-bond acceptors (Lipinski definition) is 7. The number of hydrogen-bond donors (Lipinski definition) is 1. The zero-order valence-electron chi connectivity index (χ0n) is 17.0. The second-order valence-corrected chi connectivity index (χ2v) is 9.82. The Bertz CT molecular complexity index is 1320. The molecule has 1 amide bonds. The van der Waals surface area contributed by atoms with Gasteiger partial charge in [0.2, 0.25) is 5.89 Å². The molecular weight excluding hydrogens is 456 g/mol. The molecule has 0 radical (unpaired) electrons. The van der Waals surface area contributed by atoms with Gasteiger partial charge < -0.3 is 9.26 Å². The van der Waals surface area contributed by atoms with E-state index in [4.69, 9.17) is 20.9 Å². The molecule has 11 heteroatoms. The fourth-order valence-corrected chi connectivity index (χ4v) is 5.11. The van der Waals surface area contributed by atoms with Crippen LogP contribution in [0.25, 0.3) is 0 Å². The number of nitrogens with one attached hydrogen (secondary N) is 1. The third-order valence-corrected chi connectivity index (χ3v) is 7.18. The zero-order valence-corrected chi connectivity index (χ0v) is 18.6. The molecule has 2 heterocycles. The van der Waals surface area contributed by atoms with Crippen LogP contribution in [0.1, 0.15) is 36.0 Å². The van der Waals surface area contributed by atoms with Gasteiger partial charge in [0, 0.05) is 12.0 Å². The SMILES string of the molecule is Cc1ccccc1NS(=O)(=O)c1cc2c(cc1Cl)N(Cc1noc(C3CC3)n1)C(=O)CO2. The van der Waals surface area contributed by atoms with Crippen molar-refractivity contribution in [1.82, 2.24) is 10.1 Å². The number of benzene rings is 2. The van der Waals surface area contributed by atoms with Gasteiger partial charge in [-0.25, -0.2) is 8.42 Å². The maximum atomic E-state index is 13.0. The predicted molar refractivity (Wildman–Crippen MR) is 116 cm³/mol. The summed E-state index contributed by atoms with van der Waals surface area (Å²) < 4.78 is 39.3. The van der Waals surface area contributed by atoms with Crippen LogP contribution in [0.5, 0.6) is 5.75 Å². The van der Waals surface area contributed by atoms with Crippen LogP contribution in [0.3, 0.4) is 0 Å². The largest absolute Gasteiger partial charge is 0.482 e. The molecule has 166 valence electrons. The first-order valence-electron chi connectivity index (χ1n) is 9.99. The molecule has 1 aromatic heterocycles. The molecule has 0 spiro atoms. The first-order valence-corrected chi connectivity index (χ1v) is 11.9. The molecule has 0 bridgehead atoms. The standard InChI is InChI=1S/C21H19ClN4O5S/c1-12-4-2-3-5-15(12)25-32(28,29)18-9-17-16(8-14(18)22)26(20(27)11-30-17)10-19-23-21(31-24-19)13-6-7-13/h2-5,8-9,13,25H,6-7,10-11H2,1H3. The van der Waals surface area contributed by atoms with Crippen molar-refractivity contribution in [2.24, 2.45) is 0 Å². The summed E-state index contributed by atoms with van der Waals surface area (Å²) in [5, 5.41) is 3.91. The molecule has 2 aliphatic rings. The topological polar surface area (TPSA) is 115 Å². The van der Waals surface area contributed by atoms with Crippen LogP contribution in [0.15, 0.2) is 45.8 Å². The van der Waals surface area contributed by atoms with Crippen LogP contribution in [-0.4, -0.2) is 31.1 Å². The molecule has 1 fully saturated rings. The Kier molecular flexibility index (Phi) is 5.06. The van der Waals surface area contributed by atoms with E-state index in [9.17, 15) is 13.2 Å². The maximum absolute atomic E-state index is 13.0. The third kappa shape index (κ3) is 3.91. The number of amides is 1. The highest BCUT2D eigenvalue weighted by Gasteiger charge is 2.33. The van der Waals surface area contributed by atoms with Crippen molar-refractivity contribution in [1.29, 1.82) is 0 Å². The summed E-state index contributed by atoms with van der Waals surface area (Å²) >= 11 is 6.36. The van der Waals surface area contributed by atoms with E-state index in [1.54, 1.807) is 25.1 Å². The summed E-state index contributed by atoms with van der Waals surface area (Å²) in [4.78, 5) is 18.2. The fraction of sp³-hybridized carbons (Fsp3) is 0.286. The van der Waals surface area contributed by atoms with Crippen molar-refractivity contribution in [2.45, 2.75) is 37.1 Å². The summed E-state index contributed by atoms with van der Waals surface area (Å²) in [6.45, 7) is 1.62. The number of carbonyl (C=O) groups excluding carboxylic acids is 1. The summed E-state index contributed by atoms with van der Waals surface area (Å²) in [6, 6.07) is 9.74. The molecular formula is C21H19ClN4O5S. The van der Waals surface area contributed by atoms with Gasteiger partial charge >= 0.3 is 0 Å². The highest BCUT2D eigenvalue weighted by atomic mass is 35.5. The molecule has 9 nitrogen and oxygen atoms in total. The number of carbonyl (C=O) groups is 1. The minimum absolute atomic E-state index is 0.0417. The highest BCUT2D eigenvalue weighted by molar-refractivity contribution is 7.92. The van der Waals surface area contributed by atoms with Crippen LogP contribution in [-0.2, 0) is 21.4 Å². The third-order valence-electron chi connectivity index (χ3n) is 5.35. The first kappa shape index (κ1) is 20.8. The number of fused-ring (bicyclic) bond motifs is 1. The minimum atomic E-state index is -3.99. The lowest BCUT2D eigenvalue weighted by atomic mass is 10.2. The van der Waals surface area contributed by atoms with Gasteiger partial charge in [-0.3, -0.25) is 14.4 Å². The Morgan fingerprint density at radius 3 is 2.78 bits per heavy atom. The zero-order chi connectivity index (χ0) is 22.5. The maximum Gasteiger partial charge on any atom is 0.265 e. The van der Waals surface area contributed by atoms with Crippen molar-refractivity contribution >= 4 is 38.9 Å². The molecule has 0 saturated heterocycles. The summed E-state index contributed by atoms with van der Waals surface area (Å²) in [7, 11) is -3.99. The van der Waals surface area contributed by atoms with E-state index in [1.807, 2.05) is 6.07 Å². The number of rotatable bonds is 6. The number of sulfonamides is 1. The fourth-order valence-electron chi connectivity index (χ4n) is 3.44. The Labute approximate surface area is 189 Å². The number of aromatic nitrogens is 2. The molecule has 3 aromatic rings. The van der Waals surface area contributed by atoms with E-state index in [-0.39, 0.29) is 34.7 Å². The lowest BCUT2D eigenvalue weighted by Crippen LogP contribution is -2.38. The first-order chi connectivity index (χ1) is 15.3. The van der Waals surface area contributed by atoms with E-state index in [2.05, 4.69) is 14.9 Å². The van der Waals surface area contributed by atoms with Crippen LogP contribution in [0, 0.1) is 6.92 Å². The van der Waals surface area contributed by atoms with E-state index in [1.165, 1.54) is 17.0 Å². The van der Waals surface area contributed by atoms with E-state index >= 15 is 0 Å². The number of halogens is 1. The number of para-hydroxylation sites is 1. The van der Waals surface area contributed by atoms with Gasteiger partial charge in [0.25, 0.3) is 15.9 Å². The highest BCUT2D eigenvalue weighted by Crippen LogP contribution is 2.41. The average Bonchev–Trinajstić information content (AvgIpc) is 3.50. The molecule has 2 aromatic carbocycles. The van der Waals surface area contributed by atoms with Gasteiger partial charge in [0.15, 0.2) is 12.4 Å². The van der Waals surface area contributed by atoms with Crippen molar-refractivity contribution in [2.75, 3.05) is 16.2 Å². The second-order valence-electron chi connectivity index (χ2n) is 7.76. The summed E-state index contributed by atoms with van der Waals surface area (Å²) in [5.74, 6) is 1.14. The van der Waals surface area contributed by atoms with Gasteiger partial charge in [-0.1, -0.05) is 35.0 Å². The Balaban J connectivity index is 1.46. The van der Waals surface area contributed by atoms with Crippen molar-refractivity contribution in [3.8, 4) is 5.75 Å². The molecule has 0 unspecified atom stereocenters. The molecule has 1 aliphatic heterocycles. The monoisotopic (exact) mass is 474 g/mol. The molecule has 0 atom stereocenters. The van der Waals surface area contributed by atoms with Crippen LogP contribution >= 0.6 is 11.6 Å². The predicted octanol–water partition coefficient (Wildman–Crippen LogP) is 3.64. The van der Waals surface area contributed by atoms with Crippen molar-refractivity contribution in [3.05, 3.63) is 58.7 Å². The van der Waals surface area contributed by atoms with Crippen LogP contribution < -0.4 is 14.4 Å². The minimum Gasteiger partial charge on any atom is -0.482 e. The lowest BCUT2D eigenvalue weighted by Gasteiger charge is -2.29. The summed E-state index contributed by atoms with van der Waals surface area (Å²) in [6.07, 6.45) is 2.04. The number of nitrogens with zero attached hydrogens (tertiary/aromatic N) is 3. The molecule has 5 rings (SSSR count). The quantitative estimate of drug-likeness (QED) is 0.580. The van der Waals surface area contributed by atoms with E-state index in [0.29, 0.717) is 29.0 Å². The smallest absolute Gasteiger partial charge is 0.265 e. The normalized spacial score (nSPS) is 15.9. The second kappa shape index (κ2) is 7.79. The lowest BCUT2D eigenvalue weighted by molar-refractivity contribution is -0.121. The van der Waals surface area contributed by atoms with Gasteiger partial charge in [-0.2, -0.15) is 4.98 Å². The van der Waals surface area contributed by atoms with Crippen LogP contribution in [0.4, 0.5) is 11.4 Å². The van der Waals surface area contributed by atoms with Gasteiger partial charge in [0.1, 0.15) is 10.6 Å². The average molecular weight is 475 g/mol. The van der Waals surface area contributed by atoms with Crippen molar-refractivity contribution in [3.63, 3.8) is 0 Å². The van der Waals surface area contributed by atoms with Gasteiger partial charge in [0.05, 0.1) is 22.9 Å². The molecule has 1 N–H and O–H groups in total. The van der Waals surface area contributed by atoms with Gasteiger partial charge in [-0.05, 0) is 37.5 Å². The number of anilines is 2.